The zero-order valence-electron chi connectivity index (χ0n) is 11.2. The van der Waals surface area contributed by atoms with Gasteiger partial charge in [-0.15, -0.1) is 0 Å². The lowest BCUT2D eigenvalue weighted by Crippen LogP contribution is -2.24. The Bertz CT molecular complexity index is 392. The molecule has 1 aliphatic rings. The summed E-state index contributed by atoms with van der Waals surface area (Å²) in [7, 11) is 0. The van der Waals surface area contributed by atoms with Crippen LogP contribution in [0.4, 0.5) is 5.69 Å². The second-order valence-electron chi connectivity index (χ2n) is 5.35. The number of rotatable bonds is 3. The summed E-state index contributed by atoms with van der Waals surface area (Å²) in [5, 5.41) is 0.871. The fourth-order valence-electron chi connectivity index (χ4n) is 2.63. The quantitative estimate of drug-likeness (QED) is 0.908. The number of halogens is 1. The average molecular weight is 267 g/mol. The largest absolute Gasteiger partial charge is 0.370 e. The molecule has 1 heterocycles. The number of benzene rings is 1. The first-order chi connectivity index (χ1) is 8.70. The molecular formula is C15H23ClN2. The number of nitrogens with two attached hydrogens (primary N) is 1. The van der Waals surface area contributed by atoms with Gasteiger partial charge in [0.1, 0.15) is 0 Å². The first-order valence-electron chi connectivity index (χ1n) is 6.94. The minimum atomic E-state index is 0.677. The Balaban J connectivity index is 2.12. The zero-order valence-corrected chi connectivity index (χ0v) is 11.9. The molecular weight excluding hydrogens is 244 g/mol. The zero-order chi connectivity index (χ0) is 13.0. The van der Waals surface area contributed by atoms with Crippen LogP contribution in [0.2, 0.25) is 5.02 Å². The molecule has 2 nitrogen and oxygen atoms in total. The molecule has 0 aliphatic carbocycles. The van der Waals surface area contributed by atoms with Crippen LogP contribution in [0.3, 0.4) is 0 Å². The number of nitrogens with zero attached hydrogens (tertiary/aromatic N) is 1. The third-order valence-corrected chi connectivity index (χ3v) is 4.11. The van der Waals surface area contributed by atoms with Gasteiger partial charge < -0.3 is 10.6 Å². The molecule has 100 valence electrons. The van der Waals surface area contributed by atoms with E-state index in [0.717, 1.165) is 30.5 Å². The molecule has 1 aliphatic heterocycles. The molecule has 0 saturated carbocycles. The summed E-state index contributed by atoms with van der Waals surface area (Å²) < 4.78 is 0. The average Bonchev–Trinajstić information content (AvgIpc) is 2.55. The lowest BCUT2D eigenvalue weighted by Gasteiger charge is -2.24. The summed E-state index contributed by atoms with van der Waals surface area (Å²) >= 11 is 6.41. The summed E-state index contributed by atoms with van der Waals surface area (Å²) in [6.45, 7) is 5.27. The summed E-state index contributed by atoms with van der Waals surface area (Å²) in [6.07, 6.45) is 4.76. The molecule has 0 spiro atoms. The molecule has 1 unspecified atom stereocenters. The molecule has 1 fully saturated rings. The molecule has 0 aromatic heterocycles. The van der Waals surface area contributed by atoms with Crippen molar-refractivity contribution in [2.45, 2.75) is 32.6 Å². The molecule has 1 saturated heterocycles. The van der Waals surface area contributed by atoms with Gasteiger partial charge in [0, 0.05) is 13.1 Å². The molecule has 2 rings (SSSR count). The first kappa shape index (κ1) is 13.7. The molecule has 0 radical (unpaired) electrons. The standard InChI is InChI=1S/C15H23ClN2/c1-12-3-2-9-18(10-7-12)15-5-4-13(6-8-17)11-14(15)16/h4-5,11-12H,2-3,6-10,17H2,1H3. The van der Waals surface area contributed by atoms with E-state index in [1.807, 2.05) is 0 Å². The van der Waals surface area contributed by atoms with Gasteiger partial charge in [-0.05, 0) is 55.8 Å². The fraction of sp³-hybridized carbons (Fsp3) is 0.600. The predicted octanol–water partition coefficient (Wildman–Crippen LogP) is 3.47. The van der Waals surface area contributed by atoms with E-state index >= 15 is 0 Å². The summed E-state index contributed by atoms with van der Waals surface area (Å²) in [4.78, 5) is 2.43. The van der Waals surface area contributed by atoms with E-state index in [1.54, 1.807) is 0 Å². The third-order valence-electron chi connectivity index (χ3n) is 3.80. The predicted molar refractivity (Wildman–Crippen MR) is 79.4 cm³/mol. The second-order valence-corrected chi connectivity index (χ2v) is 5.75. The Morgan fingerprint density at radius 1 is 1.33 bits per heavy atom. The Kier molecular flexibility index (Phi) is 4.90. The van der Waals surface area contributed by atoms with E-state index in [1.165, 1.54) is 30.5 Å². The third kappa shape index (κ3) is 3.39. The molecule has 3 heteroatoms. The van der Waals surface area contributed by atoms with E-state index < -0.39 is 0 Å². The van der Waals surface area contributed by atoms with E-state index in [0.29, 0.717) is 6.54 Å². The van der Waals surface area contributed by atoms with E-state index in [9.17, 15) is 0 Å². The van der Waals surface area contributed by atoms with Crippen LogP contribution in [0, 0.1) is 5.92 Å². The van der Waals surface area contributed by atoms with Gasteiger partial charge in [0.2, 0.25) is 0 Å². The van der Waals surface area contributed by atoms with E-state index in [4.69, 9.17) is 17.3 Å². The van der Waals surface area contributed by atoms with Crippen molar-refractivity contribution in [2.75, 3.05) is 24.5 Å². The van der Waals surface area contributed by atoms with Gasteiger partial charge in [0.15, 0.2) is 0 Å². The Hall–Kier alpha value is -0.730. The van der Waals surface area contributed by atoms with Crippen molar-refractivity contribution in [3.63, 3.8) is 0 Å². The fourth-order valence-corrected chi connectivity index (χ4v) is 2.96. The number of hydrogen-bond acceptors (Lipinski definition) is 2. The summed E-state index contributed by atoms with van der Waals surface area (Å²) in [6, 6.07) is 6.38. The topological polar surface area (TPSA) is 29.3 Å². The normalized spacial score (nSPS) is 20.8. The Morgan fingerprint density at radius 3 is 2.89 bits per heavy atom. The van der Waals surface area contributed by atoms with Crippen LogP contribution in [0.15, 0.2) is 18.2 Å². The maximum Gasteiger partial charge on any atom is 0.0642 e. The summed E-state index contributed by atoms with van der Waals surface area (Å²) in [5.74, 6) is 0.838. The van der Waals surface area contributed by atoms with Crippen molar-refractivity contribution in [3.8, 4) is 0 Å². The highest BCUT2D eigenvalue weighted by atomic mass is 35.5. The molecule has 0 bridgehead atoms. The van der Waals surface area contributed by atoms with Crippen LogP contribution in [0.5, 0.6) is 0 Å². The van der Waals surface area contributed by atoms with Gasteiger partial charge in [0.25, 0.3) is 0 Å². The lowest BCUT2D eigenvalue weighted by atomic mass is 10.0. The van der Waals surface area contributed by atoms with Crippen molar-refractivity contribution in [1.29, 1.82) is 0 Å². The molecule has 1 atom stereocenters. The van der Waals surface area contributed by atoms with Gasteiger partial charge >= 0.3 is 0 Å². The van der Waals surface area contributed by atoms with Crippen molar-refractivity contribution >= 4 is 17.3 Å². The minimum Gasteiger partial charge on any atom is -0.370 e. The highest BCUT2D eigenvalue weighted by Gasteiger charge is 2.16. The molecule has 18 heavy (non-hydrogen) atoms. The van der Waals surface area contributed by atoms with E-state index in [2.05, 4.69) is 30.0 Å². The van der Waals surface area contributed by atoms with Crippen molar-refractivity contribution in [3.05, 3.63) is 28.8 Å². The highest BCUT2D eigenvalue weighted by Crippen LogP contribution is 2.30. The SMILES string of the molecule is CC1CCCN(c2ccc(CCN)cc2Cl)CC1. The lowest BCUT2D eigenvalue weighted by molar-refractivity contribution is 0.521. The van der Waals surface area contributed by atoms with Crippen molar-refractivity contribution < 1.29 is 0 Å². The maximum atomic E-state index is 6.41. The Labute approximate surface area is 115 Å². The Morgan fingerprint density at radius 2 is 2.17 bits per heavy atom. The second kappa shape index (κ2) is 6.44. The van der Waals surface area contributed by atoms with Crippen molar-refractivity contribution in [1.82, 2.24) is 0 Å². The number of hydrogen-bond donors (Lipinski definition) is 1. The minimum absolute atomic E-state index is 0.677. The summed E-state index contributed by atoms with van der Waals surface area (Å²) in [5.41, 5.74) is 7.99. The maximum absolute atomic E-state index is 6.41. The van der Waals surface area contributed by atoms with Crippen molar-refractivity contribution in [2.24, 2.45) is 11.7 Å². The molecule has 1 aromatic carbocycles. The molecule has 2 N–H and O–H groups in total. The molecule has 1 aromatic rings. The van der Waals surface area contributed by atoms with E-state index in [-0.39, 0.29) is 0 Å². The van der Waals surface area contributed by atoms with Crippen LogP contribution in [0.25, 0.3) is 0 Å². The number of anilines is 1. The van der Waals surface area contributed by atoms with Crippen LogP contribution < -0.4 is 10.6 Å². The van der Waals surface area contributed by atoms with Gasteiger partial charge in [-0.25, -0.2) is 0 Å². The highest BCUT2D eigenvalue weighted by molar-refractivity contribution is 6.33. The van der Waals surface area contributed by atoms with Gasteiger partial charge in [0.05, 0.1) is 10.7 Å². The van der Waals surface area contributed by atoms with Gasteiger partial charge in [-0.3, -0.25) is 0 Å². The smallest absolute Gasteiger partial charge is 0.0642 e. The van der Waals surface area contributed by atoms with Crippen LogP contribution in [-0.2, 0) is 6.42 Å². The van der Waals surface area contributed by atoms with Gasteiger partial charge in [-0.1, -0.05) is 24.6 Å². The van der Waals surface area contributed by atoms with Gasteiger partial charge in [-0.2, -0.15) is 0 Å². The molecule has 0 amide bonds. The monoisotopic (exact) mass is 266 g/mol. The van der Waals surface area contributed by atoms with Crippen LogP contribution >= 0.6 is 11.6 Å². The van der Waals surface area contributed by atoms with Crippen LogP contribution in [0.1, 0.15) is 31.7 Å². The first-order valence-corrected chi connectivity index (χ1v) is 7.32. The van der Waals surface area contributed by atoms with Crippen LogP contribution in [-0.4, -0.2) is 19.6 Å².